The first-order valence-electron chi connectivity index (χ1n) is 6.54. The fourth-order valence-corrected chi connectivity index (χ4v) is 2.96. The van der Waals surface area contributed by atoms with Crippen LogP contribution < -0.4 is 10.6 Å². The Balaban J connectivity index is 1.84. The van der Waals surface area contributed by atoms with Gasteiger partial charge in [0.25, 0.3) is 0 Å². The van der Waals surface area contributed by atoms with E-state index in [1.54, 1.807) is 0 Å². The van der Waals surface area contributed by atoms with Gasteiger partial charge in [0.1, 0.15) is 0 Å². The molecule has 0 aromatic heterocycles. The summed E-state index contributed by atoms with van der Waals surface area (Å²) < 4.78 is 5.39. The van der Waals surface area contributed by atoms with Crippen LogP contribution in [0.3, 0.4) is 0 Å². The molecule has 1 aromatic carbocycles. The van der Waals surface area contributed by atoms with Gasteiger partial charge in [0.05, 0.1) is 13.2 Å². The first-order valence-corrected chi connectivity index (χ1v) is 6.54. The molecule has 1 heterocycles. The molecule has 0 radical (unpaired) electrons. The maximum atomic E-state index is 5.80. The number of ether oxygens (including phenoxy) is 1. The van der Waals surface area contributed by atoms with Crippen molar-refractivity contribution in [3.8, 4) is 0 Å². The lowest BCUT2D eigenvalue weighted by molar-refractivity contribution is 0.122. The zero-order chi connectivity index (χ0) is 11.7. The van der Waals surface area contributed by atoms with E-state index in [0.717, 1.165) is 32.8 Å². The van der Waals surface area contributed by atoms with Gasteiger partial charge >= 0.3 is 0 Å². The van der Waals surface area contributed by atoms with Gasteiger partial charge in [-0.15, -0.1) is 0 Å². The van der Waals surface area contributed by atoms with Gasteiger partial charge in [0.2, 0.25) is 0 Å². The molecule has 1 aliphatic carbocycles. The van der Waals surface area contributed by atoms with E-state index >= 15 is 0 Å². The topological polar surface area (TPSA) is 38.5 Å². The van der Waals surface area contributed by atoms with E-state index in [4.69, 9.17) is 10.5 Å². The molecule has 2 N–H and O–H groups in total. The monoisotopic (exact) mass is 232 g/mol. The summed E-state index contributed by atoms with van der Waals surface area (Å²) >= 11 is 0. The molecule has 1 aliphatic heterocycles. The highest BCUT2D eigenvalue weighted by molar-refractivity contribution is 5.53. The summed E-state index contributed by atoms with van der Waals surface area (Å²) in [6.07, 6.45) is 2.41. The highest BCUT2D eigenvalue weighted by Crippen LogP contribution is 2.34. The Bertz CT molecular complexity index is 399. The van der Waals surface area contributed by atoms with Crippen LogP contribution in [0.1, 0.15) is 23.5 Å². The van der Waals surface area contributed by atoms with Gasteiger partial charge in [-0.2, -0.15) is 0 Å². The van der Waals surface area contributed by atoms with Crippen LogP contribution in [0.5, 0.6) is 0 Å². The smallest absolute Gasteiger partial charge is 0.0642 e. The standard InChI is InChI=1S/C14H20N2O/c15-10-12-2-1-11-9-13(3-4-14(11)12)16-5-7-17-8-6-16/h3-4,9,12H,1-2,5-8,10,15H2. The molecule has 1 atom stereocenters. The number of hydrogen-bond donors (Lipinski definition) is 1. The largest absolute Gasteiger partial charge is 0.378 e. The van der Waals surface area contributed by atoms with Gasteiger partial charge in [0.15, 0.2) is 0 Å². The number of anilines is 1. The Hall–Kier alpha value is -1.06. The molecular formula is C14H20N2O. The number of rotatable bonds is 2. The molecule has 17 heavy (non-hydrogen) atoms. The van der Waals surface area contributed by atoms with Crippen LogP contribution in [0, 0.1) is 0 Å². The van der Waals surface area contributed by atoms with Gasteiger partial charge in [-0.25, -0.2) is 0 Å². The van der Waals surface area contributed by atoms with Gasteiger partial charge < -0.3 is 15.4 Å². The van der Waals surface area contributed by atoms with Crippen molar-refractivity contribution in [3.05, 3.63) is 29.3 Å². The Kier molecular flexibility index (Phi) is 3.04. The summed E-state index contributed by atoms with van der Waals surface area (Å²) in [5, 5.41) is 0. The predicted octanol–water partition coefficient (Wildman–Crippen LogP) is 1.51. The number of morpholine rings is 1. The van der Waals surface area contributed by atoms with Crippen LogP contribution in [0.2, 0.25) is 0 Å². The molecule has 1 aromatic rings. The van der Waals surface area contributed by atoms with Crippen LogP contribution in [-0.4, -0.2) is 32.8 Å². The minimum Gasteiger partial charge on any atom is -0.378 e. The summed E-state index contributed by atoms with van der Waals surface area (Å²) in [5.74, 6) is 0.587. The molecule has 0 amide bonds. The van der Waals surface area contributed by atoms with Gasteiger partial charge in [-0.05, 0) is 48.6 Å². The first kappa shape index (κ1) is 11.1. The van der Waals surface area contributed by atoms with Gasteiger partial charge in [0, 0.05) is 18.8 Å². The normalized spacial score (nSPS) is 23.8. The summed E-state index contributed by atoms with van der Waals surface area (Å²) in [4.78, 5) is 2.42. The zero-order valence-corrected chi connectivity index (χ0v) is 10.2. The molecule has 1 unspecified atom stereocenters. The molecule has 92 valence electrons. The van der Waals surface area contributed by atoms with Gasteiger partial charge in [-0.3, -0.25) is 0 Å². The Labute approximate surface area is 103 Å². The summed E-state index contributed by atoms with van der Waals surface area (Å²) in [5.41, 5.74) is 10.1. The molecule has 0 saturated carbocycles. The van der Waals surface area contributed by atoms with E-state index < -0.39 is 0 Å². The Morgan fingerprint density at radius 3 is 2.88 bits per heavy atom. The van der Waals surface area contributed by atoms with E-state index in [0.29, 0.717) is 5.92 Å². The third-order valence-electron chi connectivity index (χ3n) is 3.99. The SMILES string of the molecule is NCC1CCc2cc(N3CCOCC3)ccc21. The molecule has 0 bridgehead atoms. The van der Waals surface area contributed by atoms with E-state index in [1.807, 2.05) is 0 Å². The number of benzene rings is 1. The summed E-state index contributed by atoms with van der Waals surface area (Å²) in [7, 11) is 0. The molecular weight excluding hydrogens is 212 g/mol. The van der Waals surface area contributed by atoms with Crippen molar-refractivity contribution in [2.45, 2.75) is 18.8 Å². The fraction of sp³-hybridized carbons (Fsp3) is 0.571. The molecule has 3 heteroatoms. The molecule has 3 rings (SSSR count). The maximum absolute atomic E-state index is 5.80. The summed E-state index contributed by atoms with van der Waals surface area (Å²) in [6.45, 7) is 4.51. The number of aryl methyl sites for hydroxylation is 1. The number of nitrogens with two attached hydrogens (primary N) is 1. The van der Waals surface area contributed by atoms with Gasteiger partial charge in [-0.1, -0.05) is 6.07 Å². The van der Waals surface area contributed by atoms with Crippen LogP contribution in [0.4, 0.5) is 5.69 Å². The predicted molar refractivity (Wildman–Crippen MR) is 69.6 cm³/mol. The third kappa shape index (κ3) is 2.05. The van der Waals surface area contributed by atoms with Crippen LogP contribution in [0.25, 0.3) is 0 Å². The number of hydrogen-bond acceptors (Lipinski definition) is 3. The van der Waals surface area contributed by atoms with Crippen LogP contribution in [-0.2, 0) is 11.2 Å². The lowest BCUT2D eigenvalue weighted by atomic mass is 10.0. The van der Waals surface area contributed by atoms with Crippen molar-refractivity contribution in [3.63, 3.8) is 0 Å². The molecule has 1 fully saturated rings. The van der Waals surface area contributed by atoms with Crippen molar-refractivity contribution < 1.29 is 4.74 Å². The van der Waals surface area contributed by atoms with Crippen molar-refractivity contribution >= 4 is 5.69 Å². The quantitative estimate of drug-likeness (QED) is 0.840. The van der Waals surface area contributed by atoms with E-state index in [2.05, 4.69) is 23.1 Å². The van der Waals surface area contributed by atoms with Crippen molar-refractivity contribution in [1.29, 1.82) is 0 Å². The highest BCUT2D eigenvalue weighted by atomic mass is 16.5. The molecule has 3 nitrogen and oxygen atoms in total. The van der Waals surface area contributed by atoms with Crippen LogP contribution in [0.15, 0.2) is 18.2 Å². The lowest BCUT2D eigenvalue weighted by Gasteiger charge is -2.29. The van der Waals surface area contributed by atoms with Crippen molar-refractivity contribution in [1.82, 2.24) is 0 Å². The number of nitrogens with zero attached hydrogens (tertiary/aromatic N) is 1. The number of fused-ring (bicyclic) bond motifs is 1. The minimum absolute atomic E-state index is 0.587. The van der Waals surface area contributed by atoms with E-state index in [1.165, 1.54) is 29.7 Å². The second-order valence-corrected chi connectivity index (χ2v) is 4.95. The first-order chi connectivity index (χ1) is 8.38. The second-order valence-electron chi connectivity index (χ2n) is 4.95. The Morgan fingerprint density at radius 1 is 1.29 bits per heavy atom. The molecule has 1 saturated heterocycles. The van der Waals surface area contributed by atoms with Crippen molar-refractivity contribution in [2.24, 2.45) is 5.73 Å². The van der Waals surface area contributed by atoms with E-state index in [-0.39, 0.29) is 0 Å². The average Bonchev–Trinajstić information content (AvgIpc) is 2.81. The Morgan fingerprint density at radius 2 is 2.12 bits per heavy atom. The van der Waals surface area contributed by atoms with Crippen LogP contribution >= 0.6 is 0 Å². The lowest BCUT2D eigenvalue weighted by Crippen LogP contribution is -2.36. The van der Waals surface area contributed by atoms with Crippen molar-refractivity contribution in [2.75, 3.05) is 37.7 Å². The second kappa shape index (κ2) is 4.67. The highest BCUT2D eigenvalue weighted by Gasteiger charge is 2.22. The minimum atomic E-state index is 0.587. The fourth-order valence-electron chi connectivity index (χ4n) is 2.96. The maximum Gasteiger partial charge on any atom is 0.0642 e. The third-order valence-corrected chi connectivity index (χ3v) is 3.99. The average molecular weight is 232 g/mol. The van der Waals surface area contributed by atoms with E-state index in [9.17, 15) is 0 Å². The summed E-state index contributed by atoms with van der Waals surface area (Å²) in [6, 6.07) is 6.89. The molecule has 0 spiro atoms. The molecule has 2 aliphatic rings. The zero-order valence-electron chi connectivity index (χ0n) is 10.2.